The van der Waals surface area contributed by atoms with Gasteiger partial charge in [-0.3, -0.25) is 0 Å². The minimum absolute atomic E-state index is 0.376. The second kappa shape index (κ2) is 6.24. The van der Waals surface area contributed by atoms with Crippen LogP contribution in [0.4, 0.5) is 0 Å². The summed E-state index contributed by atoms with van der Waals surface area (Å²) in [4.78, 5) is 0. The molecular formula is C23H29NO2. The molecule has 0 unspecified atom stereocenters. The number of hydrogen-bond acceptors (Lipinski definition) is 3. The lowest BCUT2D eigenvalue weighted by atomic mass is 9.53. The second-order valence-electron chi connectivity index (χ2n) is 9.12. The maximum Gasteiger partial charge on any atom is 0.134 e. The molecule has 26 heavy (non-hydrogen) atoms. The molecule has 0 saturated heterocycles. The molecule has 0 amide bonds. The first-order valence-electron chi connectivity index (χ1n) is 10.2. The zero-order chi connectivity index (χ0) is 17.7. The van der Waals surface area contributed by atoms with Crippen LogP contribution >= 0.6 is 0 Å². The van der Waals surface area contributed by atoms with Crippen molar-refractivity contribution >= 4 is 0 Å². The van der Waals surface area contributed by atoms with Crippen LogP contribution in [0.15, 0.2) is 40.8 Å². The predicted octanol–water partition coefficient (Wildman–Crippen LogP) is 5.06. The van der Waals surface area contributed by atoms with Crippen LogP contribution in [0.1, 0.15) is 62.9 Å². The third kappa shape index (κ3) is 3.01. The zero-order valence-electron chi connectivity index (χ0n) is 15.6. The highest BCUT2D eigenvalue weighted by Crippen LogP contribution is 2.55. The third-order valence-electron chi connectivity index (χ3n) is 7.02. The molecule has 1 atom stereocenters. The first-order valence-corrected chi connectivity index (χ1v) is 10.2. The largest absolute Gasteiger partial charge is 0.460 e. The van der Waals surface area contributed by atoms with Crippen LogP contribution < -0.4 is 5.32 Å². The number of benzene rings is 1. The lowest BCUT2D eigenvalue weighted by Gasteiger charge is -2.57. The summed E-state index contributed by atoms with van der Waals surface area (Å²) in [6.07, 6.45) is 8.12. The molecule has 0 aliphatic heterocycles. The number of aliphatic hydroxyl groups excluding tert-OH is 1. The molecule has 0 radical (unpaired) electrons. The summed E-state index contributed by atoms with van der Waals surface area (Å²) < 4.78 is 6.11. The van der Waals surface area contributed by atoms with Gasteiger partial charge in [0.1, 0.15) is 11.5 Å². The fraction of sp³-hybridized carbons (Fsp3) is 0.565. The second-order valence-corrected chi connectivity index (χ2v) is 9.12. The lowest BCUT2D eigenvalue weighted by Crippen LogP contribution is -2.58. The number of nitrogens with one attached hydrogen (secondary N) is 1. The Morgan fingerprint density at radius 1 is 1.00 bits per heavy atom. The van der Waals surface area contributed by atoms with E-state index in [-0.39, 0.29) is 0 Å². The van der Waals surface area contributed by atoms with Crippen molar-refractivity contribution < 1.29 is 9.52 Å². The highest BCUT2D eigenvalue weighted by Gasteiger charge is 2.50. The van der Waals surface area contributed by atoms with E-state index in [1.807, 2.05) is 24.3 Å². The molecule has 3 heteroatoms. The van der Waals surface area contributed by atoms with E-state index in [4.69, 9.17) is 4.42 Å². The summed E-state index contributed by atoms with van der Waals surface area (Å²) in [5.74, 6) is 4.83. The fourth-order valence-electron chi connectivity index (χ4n) is 6.16. The summed E-state index contributed by atoms with van der Waals surface area (Å²) in [5, 5.41) is 13.5. The lowest BCUT2D eigenvalue weighted by molar-refractivity contribution is -0.0213. The normalized spacial score (nSPS) is 33.5. The summed E-state index contributed by atoms with van der Waals surface area (Å²) in [6, 6.07) is 12.2. The minimum atomic E-state index is -0.430. The zero-order valence-corrected chi connectivity index (χ0v) is 15.6. The van der Waals surface area contributed by atoms with Gasteiger partial charge in [0.25, 0.3) is 0 Å². The van der Waals surface area contributed by atoms with E-state index < -0.39 is 6.10 Å². The molecule has 1 heterocycles. The van der Waals surface area contributed by atoms with Gasteiger partial charge in [0.05, 0.1) is 12.6 Å². The molecule has 138 valence electrons. The molecule has 4 aliphatic carbocycles. The van der Waals surface area contributed by atoms with Gasteiger partial charge in [-0.2, -0.15) is 0 Å². The van der Waals surface area contributed by atoms with Gasteiger partial charge in [-0.05, 0) is 80.9 Å². The van der Waals surface area contributed by atoms with Crippen LogP contribution in [0.3, 0.4) is 0 Å². The van der Waals surface area contributed by atoms with Crippen LogP contribution in [0, 0.1) is 17.8 Å². The van der Waals surface area contributed by atoms with Crippen molar-refractivity contribution in [3.63, 3.8) is 0 Å². The molecule has 4 saturated carbocycles. The summed E-state index contributed by atoms with van der Waals surface area (Å²) in [7, 11) is 0. The monoisotopic (exact) mass is 351 g/mol. The van der Waals surface area contributed by atoms with Crippen LogP contribution in [-0.2, 0) is 6.54 Å². The van der Waals surface area contributed by atoms with Crippen molar-refractivity contribution in [2.45, 2.75) is 63.6 Å². The number of aliphatic hydroxyl groups is 1. The van der Waals surface area contributed by atoms with Gasteiger partial charge in [-0.15, -0.1) is 0 Å². The first-order chi connectivity index (χ1) is 12.6. The van der Waals surface area contributed by atoms with E-state index in [0.29, 0.717) is 5.54 Å². The van der Waals surface area contributed by atoms with E-state index in [1.54, 1.807) is 6.92 Å². The van der Waals surface area contributed by atoms with Gasteiger partial charge in [0, 0.05) is 11.1 Å². The molecule has 3 nitrogen and oxygen atoms in total. The standard InChI is InChI=1S/C23H29NO2/c1-15(25)19-2-4-20(5-3-19)22-7-6-21(26-22)14-24-23-11-16-8-17(12-23)10-18(9-16)13-23/h2-7,15-18,24-25H,8-14H2,1H3/t15-,16?,17?,18?,23?/m1/s1. The molecule has 4 fully saturated rings. The van der Waals surface area contributed by atoms with E-state index in [9.17, 15) is 5.11 Å². The van der Waals surface area contributed by atoms with Gasteiger partial charge in [0.2, 0.25) is 0 Å². The predicted molar refractivity (Wildman–Crippen MR) is 103 cm³/mol. The highest BCUT2D eigenvalue weighted by molar-refractivity contribution is 5.58. The van der Waals surface area contributed by atoms with Gasteiger partial charge < -0.3 is 14.8 Å². The Bertz CT molecular complexity index is 738. The molecule has 2 N–H and O–H groups in total. The van der Waals surface area contributed by atoms with Crippen molar-refractivity contribution in [2.24, 2.45) is 17.8 Å². The van der Waals surface area contributed by atoms with Crippen LogP contribution in [0.5, 0.6) is 0 Å². The summed E-state index contributed by atoms with van der Waals surface area (Å²) >= 11 is 0. The first kappa shape index (κ1) is 16.6. The molecule has 4 bridgehead atoms. The topological polar surface area (TPSA) is 45.4 Å². The van der Waals surface area contributed by atoms with Gasteiger partial charge >= 0.3 is 0 Å². The maximum atomic E-state index is 9.64. The Hall–Kier alpha value is -1.58. The number of furan rings is 1. The van der Waals surface area contributed by atoms with E-state index >= 15 is 0 Å². The Balaban J connectivity index is 1.26. The number of rotatable bonds is 5. The van der Waals surface area contributed by atoms with Gasteiger partial charge in [-0.1, -0.05) is 24.3 Å². The molecule has 6 rings (SSSR count). The van der Waals surface area contributed by atoms with E-state index in [1.165, 1.54) is 38.5 Å². The fourth-order valence-corrected chi connectivity index (χ4v) is 6.16. The van der Waals surface area contributed by atoms with Crippen molar-refractivity contribution in [3.8, 4) is 11.3 Å². The number of hydrogen-bond donors (Lipinski definition) is 2. The smallest absolute Gasteiger partial charge is 0.134 e. The molecule has 1 aromatic carbocycles. The van der Waals surface area contributed by atoms with Gasteiger partial charge in [-0.25, -0.2) is 0 Å². The molecule has 4 aliphatic rings. The average Bonchev–Trinajstić information content (AvgIpc) is 3.08. The van der Waals surface area contributed by atoms with Crippen LogP contribution in [-0.4, -0.2) is 10.6 Å². The molecule has 1 aromatic heterocycles. The van der Waals surface area contributed by atoms with Gasteiger partial charge in [0.15, 0.2) is 0 Å². The quantitative estimate of drug-likeness (QED) is 0.791. The molecule has 2 aromatic rings. The summed E-state index contributed by atoms with van der Waals surface area (Å²) in [5.41, 5.74) is 2.38. The minimum Gasteiger partial charge on any atom is -0.460 e. The van der Waals surface area contributed by atoms with Crippen LogP contribution in [0.2, 0.25) is 0 Å². The highest BCUT2D eigenvalue weighted by atomic mass is 16.3. The Kier molecular flexibility index (Phi) is 3.98. The average molecular weight is 351 g/mol. The summed E-state index contributed by atoms with van der Waals surface area (Å²) in [6.45, 7) is 2.62. The van der Waals surface area contributed by atoms with Crippen LogP contribution in [0.25, 0.3) is 11.3 Å². The Morgan fingerprint density at radius 2 is 1.62 bits per heavy atom. The van der Waals surface area contributed by atoms with Crippen molar-refractivity contribution in [1.29, 1.82) is 0 Å². The SMILES string of the molecule is C[C@@H](O)c1ccc(-c2ccc(CNC34CC5CC(CC(C5)C3)C4)o2)cc1. The van der Waals surface area contributed by atoms with E-state index in [0.717, 1.165) is 46.9 Å². The van der Waals surface area contributed by atoms with Crippen molar-refractivity contribution in [2.75, 3.05) is 0 Å². The molecular weight excluding hydrogens is 322 g/mol. The Labute approximate surface area is 155 Å². The molecule has 0 spiro atoms. The van der Waals surface area contributed by atoms with Crippen molar-refractivity contribution in [1.82, 2.24) is 5.32 Å². The van der Waals surface area contributed by atoms with Crippen molar-refractivity contribution in [3.05, 3.63) is 47.7 Å². The third-order valence-corrected chi connectivity index (χ3v) is 7.02. The Morgan fingerprint density at radius 3 is 2.19 bits per heavy atom. The van der Waals surface area contributed by atoms with E-state index in [2.05, 4.69) is 17.4 Å². The maximum absolute atomic E-state index is 9.64.